The molecule has 9 nitrogen and oxygen atoms in total. The predicted molar refractivity (Wildman–Crippen MR) is 112 cm³/mol. The van der Waals surface area contributed by atoms with E-state index in [2.05, 4.69) is 15.3 Å². The Kier molecular flexibility index (Phi) is 7.72. The third-order valence-electron chi connectivity index (χ3n) is 4.71. The second-order valence-corrected chi connectivity index (χ2v) is 7.64. The van der Waals surface area contributed by atoms with E-state index in [0.29, 0.717) is 50.7 Å². The van der Waals surface area contributed by atoms with E-state index in [0.717, 1.165) is 0 Å². The maximum atomic E-state index is 12.6. The lowest BCUT2D eigenvalue weighted by Gasteiger charge is -2.35. The summed E-state index contributed by atoms with van der Waals surface area (Å²) in [4.78, 5) is 48.6. The number of carbonyl (C=O) groups is 3. The van der Waals surface area contributed by atoms with E-state index in [1.165, 1.54) is 11.3 Å². The first-order chi connectivity index (χ1) is 14.5. The van der Waals surface area contributed by atoms with Crippen molar-refractivity contribution in [1.82, 2.24) is 20.2 Å². The van der Waals surface area contributed by atoms with Crippen LogP contribution in [0, 0.1) is 0 Å². The van der Waals surface area contributed by atoms with Gasteiger partial charge in [0.15, 0.2) is 6.10 Å². The molecule has 1 aliphatic rings. The molecule has 0 saturated carbocycles. The number of ether oxygens (including phenoxy) is 1. The van der Waals surface area contributed by atoms with Crippen LogP contribution in [0.2, 0.25) is 0 Å². The Labute approximate surface area is 179 Å². The number of nitrogens with zero attached hydrogens (tertiary/aromatic N) is 4. The average Bonchev–Trinajstić information content (AvgIpc) is 3.32. The zero-order valence-electron chi connectivity index (χ0n) is 16.8. The molecule has 3 heterocycles. The van der Waals surface area contributed by atoms with Crippen LogP contribution in [0.15, 0.2) is 35.3 Å². The van der Waals surface area contributed by atoms with Crippen LogP contribution in [0.5, 0.6) is 0 Å². The minimum Gasteiger partial charge on any atom is -0.453 e. The lowest BCUT2D eigenvalue weighted by atomic mass is 10.2. The Morgan fingerprint density at radius 3 is 2.60 bits per heavy atom. The maximum absolute atomic E-state index is 12.6. The monoisotopic (exact) mass is 431 g/mol. The number of rotatable bonds is 8. The smallest absolute Gasteiger partial charge is 0.306 e. The van der Waals surface area contributed by atoms with Crippen LogP contribution in [0.4, 0.5) is 5.95 Å². The third kappa shape index (κ3) is 5.99. The van der Waals surface area contributed by atoms with Crippen molar-refractivity contribution in [3.63, 3.8) is 0 Å². The fourth-order valence-corrected chi connectivity index (χ4v) is 3.71. The van der Waals surface area contributed by atoms with Crippen LogP contribution in [0.1, 0.15) is 30.1 Å². The Bertz CT molecular complexity index is 838. The molecule has 0 spiro atoms. The van der Waals surface area contributed by atoms with Crippen LogP contribution < -0.4 is 10.2 Å². The number of anilines is 1. The lowest BCUT2D eigenvalue weighted by molar-refractivity contribution is -0.159. The first-order valence-corrected chi connectivity index (χ1v) is 10.8. The molecule has 1 atom stereocenters. The van der Waals surface area contributed by atoms with E-state index in [1.807, 2.05) is 10.3 Å². The van der Waals surface area contributed by atoms with Gasteiger partial charge in [-0.25, -0.2) is 9.97 Å². The van der Waals surface area contributed by atoms with Crippen molar-refractivity contribution in [1.29, 1.82) is 0 Å². The van der Waals surface area contributed by atoms with E-state index in [1.54, 1.807) is 41.7 Å². The van der Waals surface area contributed by atoms with Gasteiger partial charge in [0.05, 0.1) is 0 Å². The highest BCUT2D eigenvalue weighted by molar-refractivity contribution is 7.08. The van der Waals surface area contributed by atoms with Gasteiger partial charge in [-0.3, -0.25) is 14.4 Å². The van der Waals surface area contributed by atoms with Gasteiger partial charge in [0.25, 0.3) is 11.8 Å². The molecule has 0 aromatic carbocycles. The Hall–Kier alpha value is -3.01. The topological polar surface area (TPSA) is 105 Å². The van der Waals surface area contributed by atoms with Gasteiger partial charge >= 0.3 is 5.97 Å². The van der Waals surface area contributed by atoms with Crippen molar-refractivity contribution >= 4 is 35.1 Å². The maximum Gasteiger partial charge on any atom is 0.306 e. The van der Waals surface area contributed by atoms with Gasteiger partial charge in [0.1, 0.15) is 0 Å². The molecule has 2 aromatic heterocycles. The third-order valence-corrected chi connectivity index (χ3v) is 5.39. The number of thiophene rings is 1. The molecule has 3 rings (SSSR count). The summed E-state index contributed by atoms with van der Waals surface area (Å²) < 4.78 is 5.28. The minimum atomic E-state index is -0.836. The largest absolute Gasteiger partial charge is 0.453 e. The molecule has 160 valence electrons. The molecule has 10 heteroatoms. The van der Waals surface area contributed by atoms with Gasteiger partial charge in [-0.1, -0.05) is 0 Å². The SMILES string of the molecule is CC(OC(=O)CCCNC(=O)c1ccsc1)C(=O)N1CCN(c2ncccn2)CC1. The summed E-state index contributed by atoms with van der Waals surface area (Å²) >= 11 is 1.45. The van der Waals surface area contributed by atoms with Gasteiger partial charge in [0.2, 0.25) is 5.95 Å². The van der Waals surface area contributed by atoms with Gasteiger partial charge in [-0.05, 0) is 30.9 Å². The van der Waals surface area contributed by atoms with Crippen molar-refractivity contribution in [3.8, 4) is 0 Å². The van der Waals surface area contributed by atoms with Crippen LogP contribution in [-0.2, 0) is 14.3 Å². The first-order valence-electron chi connectivity index (χ1n) is 9.85. The average molecular weight is 432 g/mol. The molecule has 30 heavy (non-hydrogen) atoms. The fourth-order valence-electron chi connectivity index (χ4n) is 3.08. The Balaban J connectivity index is 1.34. The number of nitrogens with one attached hydrogen (secondary N) is 1. The van der Waals surface area contributed by atoms with Crippen molar-refractivity contribution < 1.29 is 19.1 Å². The van der Waals surface area contributed by atoms with Crippen LogP contribution >= 0.6 is 11.3 Å². The highest BCUT2D eigenvalue weighted by atomic mass is 32.1. The molecule has 1 saturated heterocycles. The molecular weight excluding hydrogens is 406 g/mol. The zero-order chi connectivity index (χ0) is 21.3. The highest BCUT2D eigenvalue weighted by Gasteiger charge is 2.27. The highest BCUT2D eigenvalue weighted by Crippen LogP contribution is 2.12. The fraction of sp³-hybridized carbons (Fsp3) is 0.450. The van der Waals surface area contributed by atoms with Crippen LogP contribution in [0.3, 0.4) is 0 Å². The molecule has 1 fully saturated rings. The summed E-state index contributed by atoms with van der Waals surface area (Å²) in [6.45, 7) is 4.25. The molecular formula is C20H25N5O4S. The quantitative estimate of drug-likeness (QED) is 0.497. The molecule has 1 aliphatic heterocycles. The van der Waals surface area contributed by atoms with Gasteiger partial charge in [0, 0.05) is 62.5 Å². The van der Waals surface area contributed by atoms with Crippen molar-refractivity contribution in [2.75, 3.05) is 37.6 Å². The Morgan fingerprint density at radius 1 is 1.20 bits per heavy atom. The number of esters is 1. The number of carbonyl (C=O) groups excluding carboxylic acids is 3. The summed E-state index contributed by atoms with van der Waals surface area (Å²) in [7, 11) is 0. The summed E-state index contributed by atoms with van der Waals surface area (Å²) in [5.74, 6) is -0.164. The molecule has 1 unspecified atom stereocenters. The second kappa shape index (κ2) is 10.7. The summed E-state index contributed by atoms with van der Waals surface area (Å²) in [6, 6.07) is 3.51. The lowest BCUT2D eigenvalue weighted by Crippen LogP contribution is -2.52. The molecule has 0 radical (unpaired) electrons. The molecule has 0 aliphatic carbocycles. The van der Waals surface area contributed by atoms with E-state index in [-0.39, 0.29) is 18.2 Å². The molecule has 2 aromatic rings. The van der Waals surface area contributed by atoms with E-state index < -0.39 is 12.1 Å². The molecule has 0 bridgehead atoms. The van der Waals surface area contributed by atoms with E-state index in [9.17, 15) is 14.4 Å². The van der Waals surface area contributed by atoms with Crippen molar-refractivity contribution in [2.24, 2.45) is 0 Å². The van der Waals surface area contributed by atoms with Crippen LogP contribution in [-0.4, -0.2) is 71.5 Å². The number of aromatic nitrogens is 2. The summed E-state index contributed by atoms with van der Waals surface area (Å²) in [5.41, 5.74) is 0.612. The van der Waals surface area contributed by atoms with Crippen molar-refractivity contribution in [3.05, 3.63) is 40.8 Å². The number of amides is 2. The van der Waals surface area contributed by atoms with E-state index >= 15 is 0 Å². The molecule has 1 N–H and O–H groups in total. The normalized spacial score (nSPS) is 14.8. The van der Waals surface area contributed by atoms with Crippen molar-refractivity contribution in [2.45, 2.75) is 25.9 Å². The second-order valence-electron chi connectivity index (χ2n) is 6.86. The first kappa shape index (κ1) is 21.7. The minimum absolute atomic E-state index is 0.140. The van der Waals surface area contributed by atoms with Gasteiger partial charge < -0.3 is 19.9 Å². The standard InChI is InChI=1S/C20H25N5O4S/c1-15(29-17(26)4-2-6-21-18(27)16-5-13-30-14-16)19(28)24-9-11-25(12-10-24)20-22-7-3-8-23-20/h3,5,7-8,13-15H,2,4,6,9-12H2,1H3,(H,21,27). The number of piperazine rings is 1. The van der Waals surface area contributed by atoms with Crippen LogP contribution in [0.25, 0.3) is 0 Å². The summed E-state index contributed by atoms with van der Waals surface area (Å²) in [5, 5.41) is 6.36. The predicted octanol–water partition coefficient (Wildman–Crippen LogP) is 1.33. The Morgan fingerprint density at radius 2 is 1.93 bits per heavy atom. The zero-order valence-corrected chi connectivity index (χ0v) is 17.6. The summed E-state index contributed by atoms with van der Waals surface area (Å²) in [6.07, 6.45) is 3.13. The van der Waals surface area contributed by atoms with Gasteiger partial charge in [-0.2, -0.15) is 11.3 Å². The number of hydrogen-bond acceptors (Lipinski definition) is 8. The van der Waals surface area contributed by atoms with Gasteiger partial charge in [-0.15, -0.1) is 0 Å². The van der Waals surface area contributed by atoms with E-state index in [4.69, 9.17) is 4.74 Å². The number of hydrogen-bond donors (Lipinski definition) is 1. The molecule has 2 amide bonds.